The van der Waals surface area contributed by atoms with E-state index in [1.54, 1.807) is 11.8 Å². The monoisotopic (exact) mass is 344 g/mol. The third kappa shape index (κ3) is 3.93. The number of thioether (sulfide) groups is 1. The molecule has 0 aliphatic carbocycles. The highest BCUT2D eigenvalue weighted by Crippen LogP contribution is 2.27. The quantitative estimate of drug-likeness (QED) is 0.906. The molecule has 1 aliphatic heterocycles. The van der Waals surface area contributed by atoms with E-state index < -0.39 is 0 Å². The molecule has 5 nitrogen and oxygen atoms in total. The van der Waals surface area contributed by atoms with Gasteiger partial charge in [0.15, 0.2) is 0 Å². The zero-order chi connectivity index (χ0) is 16.9. The Morgan fingerprint density at radius 3 is 2.83 bits per heavy atom. The molecule has 128 valence electrons. The first-order valence-corrected chi connectivity index (χ1v) is 9.58. The summed E-state index contributed by atoms with van der Waals surface area (Å²) in [5.74, 6) is 0.103. The van der Waals surface area contributed by atoms with E-state index >= 15 is 0 Å². The first-order chi connectivity index (χ1) is 11.7. The average molecular weight is 344 g/mol. The molecule has 0 bridgehead atoms. The first kappa shape index (κ1) is 16.9. The predicted molar refractivity (Wildman–Crippen MR) is 99.3 cm³/mol. The maximum atomic E-state index is 12.7. The average Bonchev–Trinajstić information content (AvgIpc) is 3.03. The van der Waals surface area contributed by atoms with E-state index in [-0.39, 0.29) is 17.2 Å². The Kier molecular flexibility index (Phi) is 5.45. The number of piperidine rings is 1. The molecule has 1 fully saturated rings. The largest absolute Gasteiger partial charge is 0.367 e. The molecule has 1 N–H and O–H groups in total. The zero-order valence-electron chi connectivity index (χ0n) is 14.2. The highest BCUT2D eigenvalue weighted by Gasteiger charge is 2.26. The SMILES string of the molecule is CS[C@H](C(=O)N[C@@H]1CCCN(c2cnn(C)c2)C1)c1ccccc1. The lowest BCUT2D eigenvalue weighted by atomic mass is 10.0. The van der Waals surface area contributed by atoms with Crippen molar-refractivity contribution in [2.24, 2.45) is 7.05 Å². The Bertz CT molecular complexity index is 673. The van der Waals surface area contributed by atoms with E-state index in [0.717, 1.165) is 37.2 Å². The number of amides is 1. The molecule has 1 aromatic carbocycles. The van der Waals surface area contributed by atoms with Gasteiger partial charge in [0.05, 0.1) is 11.9 Å². The molecule has 3 rings (SSSR count). The van der Waals surface area contributed by atoms with Crippen molar-refractivity contribution in [3.05, 3.63) is 48.3 Å². The summed E-state index contributed by atoms with van der Waals surface area (Å²) in [6.07, 6.45) is 8.01. The van der Waals surface area contributed by atoms with E-state index in [1.807, 2.05) is 60.7 Å². The van der Waals surface area contributed by atoms with Crippen LogP contribution in [0.25, 0.3) is 0 Å². The fourth-order valence-corrected chi connectivity index (χ4v) is 3.91. The van der Waals surface area contributed by atoms with Crippen molar-refractivity contribution < 1.29 is 4.79 Å². The summed E-state index contributed by atoms with van der Waals surface area (Å²) in [5, 5.41) is 7.34. The van der Waals surface area contributed by atoms with Gasteiger partial charge in [0.2, 0.25) is 5.91 Å². The maximum absolute atomic E-state index is 12.7. The standard InChI is InChI=1S/C18H24N4OS/c1-21-13-16(11-19-21)22-10-6-9-15(12-22)20-18(23)17(24-2)14-7-4-3-5-8-14/h3-5,7-8,11,13,15,17H,6,9-10,12H2,1-2H3,(H,20,23)/t15-,17+/m1/s1. The molecule has 0 radical (unpaired) electrons. The first-order valence-electron chi connectivity index (χ1n) is 8.29. The van der Waals surface area contributed by atoms with Gasteiger partial charge in [-0.2, -0.15) is 5.10 Å². The highest BCUT2D eigenvalue weighted by molar-refractivity contribution is 7.99. The molecule has 2 aromatic rings. The van der Waals surface area contributed by atoms with Crippen molar-refractivity contribution in [3.8, 4) is 0 Å². The summed E-state index contributed by atoms with van der Waals surface area (Å²) in [4.78, 5) is 15.0. The summed E-state index contributed by atoms with van der Waals surface area (Å²) in [7, 11) is 1.93. The molecule has 0 spiro atoms. The number of nitrogens with zero attached hydrogens (tertiary/aromatic N) is 3. The fraction of sp³-hybridized carbons (Fsp3) is 0.444. The van der Waals surface area contributed by atoms with Crippen LogP contribution in [0.1, 0.15) is 23.7 Å². The summed E-state index contributed by atoms with van der Waals surface area (Å²) < 4.78 is 1.82. The number of anilines is 1. The van der Waals surface area contributed by atoms with Crippen LogP contribution in [0, 0.1) is 0 Å². The number of hydrogen-bond acceptors (Lipinski definition) is 4. The number of hydrogen-bond donors (Lipinski definition) is 1. The van der Waals surface area contributed by atoms with Gasteiger partial charge >= 0.3 is 0 Å². The second-order valence-electron chi connectivity index (χ2n) is 6.19. The Morgan fingerprint density at radius 1 is 1.38 bits per heavy atom. The van der Waals surface area contributed by atoms with E-state index in [4.69, 9.17) is 0 Å². The summed E-state index contributed by atoms with van der Waals surface area (Å²) in [5.41, 5.74) is 2.18. The van der Waals surface area contributed by atoms with Gasteiger partial charge < -0.3 is 10.2 Å². The van der Waals surface area contributed by atoms with E-state index in [1.165, 1.54) is 0 Å². The zero-order valence-corrected chi connectivity index (χ0v) is 15.0. The molecular formula is C18H24N4OS. The minimum atomic E-state index is -0.153. The van der Waals surface area contributed by atoms with Crippen molar-refractivity contribution in [2.75, 3.05) is 24.2 Å². The lowest BCUT2D eigenvalue weighted by Crippen LogP contribution is -2.48. The molecule has 6 heteroatoms. The van der Waals surface area contributed by atoms with Gasteiger partial charge in [-0.15, -0.1) is 11.8 Å². The molecule has 1 amide bonds. The number of nitrogens with one attached hydrogen (secondary N) is 1. The minimum absolute atomic E-state index is 0.103. The predicted octanol–water partition coefficient (Wildman–Crippen LogP) is 2.61. The highest BCUT2D eigenvalue weighted by atomic mass is 32.2. The van der Waals surface area contributed by atoms with Crippen LogP contribution in [-0.2, 0) is 11.8 Å². The number of aromatic nitrogens is 2. The van der Waals surface area contributed by atoms with Crippen LogP contribution in [-0.4, -0.2) is 41.1 Å². The normalized spacial score (nSPS) is 19.1. The van der Waals surface area contributed by atoms with Crippen LogP contribution >= 0.6 is 11.8 Å². The Hall–Kier alpha value is -1.95. The van der Waals surface area contributed by atoms with Gasteiger partial charge in [0, 0.05) is 32.4 Å². The van der Waals surface area contributed by atoms with Crippen molar-refractivity contribution in [1.82, 2.24) is 15.1 Å². The van der Waals surface area contributed by atoms with Gasteiger partial charge in [-0.3, -0.25) is 9.48 Å². The molecule has 1 saturated heterocycles. The van der Waals surface area contributed by atoms with E-state index in [0.29, 0.717) is 0 Å². The molecule has 0 unspecified atom stereocenters. The van der Waals surface area contributed by atoms with Gasteiger partial charge in [0.25, 0.3) is 0 Å². The van der Waals surface area contributed by atoms with Crippen molar-refractivity contribution in [2.45, 2.75) is 24.1 Å². The molecule has 1 aromatic heterocycles. The molecule has 24 heavy (non-hydrogen) atoms. The van der Waals surface area contributed by atoms with Crippen molar-refractivity contribution in [1.29, 1.82) is 0 Å². The smallest absolute Gasteiger partial charge is 0.237 e. The topological polar surface area (TPSA) is 50.2 Å². The van der Waals surface area contributed by atoms with Crippen LogP contribution in [0.15, 0.2) is 42.7 Å². The van der Waals surface area contributed by atoms with Gasteiger partial charge in [-0.1, -0.05) is 30.3 Å². The van der Waals surface area contributed by atoms with Crippen LogP contribution in [0.2, 0.25) is 0 Å². The molecular weight excluding hydrogens is 320 g/mol. The third-order valence-corrected chi connectivity index (χ3v) is 5.36. The number of benzene rings is 1. The number of aryl methyl sites for hydroxylation is 1. The lowest BCUT2D eigenvalue weighted by Gasteiger charge is -2.34. The van der Waals surface area contributed by atoms with Crippen LogP contribution in [0.5, 0.6) is 0 Å². The number of carbonyl (C=O) groups is 1. The number of rotatable bonds is 5. The van der Waals surface area contributed by atoms with Crippen molar-refractivity contribution >= 4 is 23.4 Å². The lowest BCUT2D eigenvalue weighted by molar-refractivity contribution is -0.121. The summed E-state index contributed by atoms with van der Waals surface area (Å²) in [6.45, 7) is 1.86. The second kappa shape index (κ2) is 7.75. The van der Waals surface area contributed by atoms with E-state index in [2.05, 4.69) is 15.3 Å². The molecule has 2 atom stereocenters. The summed E-state index contributed by atoms with van der Waals surface area (Å²) >= 11 is 1.58. The van der Waals surface area contributed by atoms with Gasteiger partial charge in [-0.05, 0) is 24.7 Å². The van der Waals surface area contributed by atoms with Crippen molar-refractivity contribution in [3.63, 3.8) is 0 Å². The third-order valence-electron chi connectivity index (χ3n) is 4.40. The van der Waals surface area contributed by atoms with Gasteiger partial charge in [0.1, 0.15) is 5.25 Å². The molecule has 0 saturated carbocycles. The van der Waals surface area contributed by atoms with Crippen LogP contribution < -0.4 is 10.2 Å². The van der Waals surface area contributed by atoms with Crippen LogP contribution in [0.4, 0.5) is 5.69 Å². The maximum Gasteiger partial charge on any atom is 0.237 e. The van der Waals surface area contributed by atoms with E-state index in [9.17, 15) is 4.79 Å². The van der Waals surface area contributed by atoms with Gasteiger partial charge in [-0.25, -0.2) is 0 Å². The molecule has 2 heterocycles. The minimum Gasteiger partial charge on any atom is -0.367 e. The Labute approximate surface area is 147 Å². The molecule has 1 aliphatic rings. The second-order valence-corrected chi connectivity index (χ2v) is 7.14. The fourth-order valence-electron chi connectivity index (χ4n) is 3.20. The number of carbonyl (C=O) groups excluding carboxylic acids is 1. The Morgan fingerprint density at radius 2 is 2.17 bits per heavy atom. The Balaban J connectivity index is 1.63. The van der Waals surface area contributed by atoms with Crippen LogP contribution in [0.3, 0.4) is 0 Å². The summed E-state index contributed by atoms with van der Waals surface area (Å²) in [6, 6.07) is 10.2.